The van der Waals surface area contributed by atoms with E-state index >= 15 is 0 Å². The predicted octanol–water partition coefficient (Wildman–Crippen LogP) is 1.97. The largest absolute Gasteiger partial charge is 0.467 e. The lowest BCUT2D eigenvalue weighted by Gasteiger charge is -2.17. The van der Waals surface area contributed by atoms with Gasteiger partial charge in [-0.15, -0.1) is 25.6 Å². The number of nitrogens with two attached hydrogens (primary N) is 1. The Hall–Kier alpha value is -1.52. The van der Waals surface area contributed by atoms with Crippen LogP contribution in [0.3, 0.4) is 0 Å². The zero-order valence-corrected chi connectivity index (χ0v) is 10.4. The number of rotatable bonds is 6. The van der Waals surface area contributed by atoms with Gasteiger partial charge in [0.2, 0.25) is 0 Å². The van der Waals surface area contributed by atoms with Gasteiger partial charge in [0.25, 0.3) is 5.91 Å². The van der Waals surface area contributed by atoms with Crippen LogP contribution in [0.25, 0.3) is 0 Å². The Morgan fingerprint density at radius 2 is 2.00 bits per heavy atom. The molecule has 1 amide bonds. The van der Waals surface area contributed by atoms with Crippen molar-refractivity contribution in [3.63, 3.8) is 0 Å². The molecular formula is C12H17ClN2O2. The maximum absolute atomic E-state index is 12.0. The molecule has 1 rings (SSSR count). The average Bonchev–Trinajstić information content (AvgIpc) is 2.76. The van der Waals surface area contributed by atoms with Crippen molar-refractivity contribution in [2.24, 2.45) is 5.73 Å². The van der Waals surface area contributed by atoms with Gasteiger partial charge in [-0.2, -0.15) is 0 Å². The Morgan fingerprint density at radius 1 is 1.41 bits per heavy atom. The zero-order chi connectivity index (χ0) is 12.0. The molecule has 0 aliphatic carbocycles. The van der Waals surface area contributed by atoms with Crippen LogP contribution in [0.1, 0.15) is 16.1 Å². The summed E-state index contributed by atoms with van der Waals surface area (Å²) in [5, 5.41) is 0. The van der Waals surface area contributed by atoms with E-state index in [1.54, 1.807) is 23.1 Å². The lowest BCUT2D eigenvalue weighted by molar-refractivity contribution is 0.0790. The van der Waals surface area contributed by atoms with E-state index in [1.807, 2.05) is 0 Å². The second-order valence-corrected chi connectivity index (χ2v) is 3.29. The van der Waals surface area contributed by atoms with Crippen molar-refractivity contribution in [3.05, 3.63) is 49.0 Å². The Balaban J connectivity index is 0.00000256. The molecule has 94 valence electrons. The molecule has 0 fully saturated rings. The van der Waals surface area contributed by atoms with E-state index < -0.39 is 0 Å². The van der Waals surface area contributed by atoms with Gasteiger partial charge < -0.3 is 15.1 Å². The van der Waals surface area contributed by atoms with E-state index in [1.165, 1.54) is 6.26 Å². The van der Waals surface area contributed by atoms with Crippen molar-refractivity contribution in [1.82, 2.24) is 4.90 Å². The molecule has 5 heteroatoms. The Morgan fingerprint density at radius 3 is 2.41 bits per heavy atom. The maximum Gasteiger partial charge on any atom is 0.257 e. The van der Waals surface area contributed by atoms with Gasteiger partial charge >= 0.3 is 0 Å². The van der Waals surface area contributed by atoms with Crippen molar-refractivity contribution in [3.8, 4) is 0 Å². The highest BCUT2D eigenvalue weighted by molar-refractivity contribution is 5.94. The quantitative estimate of drug-likeness (QED) is 0.792. The number of hydrogen-bond acceptors (Lipinski definition) is 3. The van der Waals surface area contributed by atoms with E-state index in [0.717, 1.165) is 0 Å². The number of carbonyl (C=O) groups is 1. The molecule has 0 saturated heterocycles. The normalized spacial score (nSPS) is 9.24. The maximum atomic E-state index is 12.0. The standard InChI is InChI=1S/C12H16N2O2.ClH/c1-3-5-14(6-4-2)12(15)10-7-11(8-13)16-9-10;/h3-4,7,9H,1-2,5-6,8,13H2;1H. The minimum Gasteiger partial charge on any atom is -0.467 e. The molecule has 0 bridgehead atoms. The van der Waals surface area contributed by atoms with E-state index in [2.05, 4.69) is 13.2 Å². The third kappa shape index (κ3) is 4.09. The molecule has 1 aromatic rings. The van der Waals surface area contributed by atoms with Crippen molar-refractivity contribution >= 4 is 18.3 Å². The number of hydrogen-bond donors (Lipinski definition) is 1. The Kier molecular flexibility index (Phi) is 7.02. The van der Waals surface area contributed by atoms with Crippen molar-refractivity contribution < 1.29 is 9.21 Å². The molecule has 1 aromatic heterocycles. The molecule has 0 aliphatic rings. The van der Waals surface area contributed by atoms with Crippen LogP contribution >= 0.6 is 12.4 Å². The first kappa shape index (κ1) is 15.5. The van der Waals surface area contributed by atoms with E-state index in [-0.39, 0.29) is 24.9 Å². The Bertz CT molecular complexity index is 378. The van der Waals surface area contributed by atoms with Gasteiger partial charge in [0.15, 0.2) is 0 Å². The summed E-state index contributed by atoms with van der Waals surface area (Å²) >= 11 is 0. The molecule has 0 unspecified atom stereocenters. The highest BCUT2D eigenvalue weighted by Gasteiger charge is 2.15. The third-order valence-electron chi connectivity index (χ3n) is 2.09. The predicted molar refractivity (Wildman–Crippen MR) is 70.1 cm³/mol. The lowest BCUT2D eigenvalue weighted by Crippen LogP contribution is -2.30. The van der Waals surface area contributed by atoms with Gasteiger partial charge in [0.1, 0.15) is 12.0 Å². The SMILES string of the molecule is C=CCN(CC=C)C(=O)c1coc(CN)c1.Cl. The van der Waals surface area contributed by atoms with Crippen LogP contribution < -0.4 is 5.73 Å². The smallest absolute Gasteiger partial charge is 0.257 e. The summed E-state index contributed by atoms with van der Waals surface area (Å²) in [6, 6.07) is 1.65. The molecule has 0 atom stereocenters. The first-order chi connectivity index (χ1) is 7.72. The first-order valence-electron chi connectivity index (χ1n) is 5.01. The monoisotopic (exact) mass is 256 g/mol. The van der Waals surface area contributed by atoms with Crippen LogP contribution in [0.2, 0.25) is 0 Å². The second kappa shape index (κ2) is 7.70. The van der Waals surface area contributed by atoms with E-state index in [0.29, 0.717) is 24.4 Å². The molecule has 0 saturated carbocycles. The summed E-state index contributed by atoms with van der Waals surface area (Å²) < 4.78 is 5.12. The fourth-order valence-corrected chi connectivity index (χ4v) is 1.33. The number of halogens is 1. The zero-order valence-electron chi connectivity index (χ0n) is 9.59. The molecular weight excluding hydrogens is 240 g/mol. The summed E-state index contributed by atoms with van der Waals surface area (Å²) in [4.78, 5) is 13.6. The van der Waals surface area contributed by atoms with Crippen LogP contribution in [0.4, 0.5) is 0 Å². The molecule has 17 heavy (non-hydrogen) atoms. The van der Waals surface area contributed by atoms with Crippen LogP contribution in [0.5, 0.6) is 0 Å². The van der Waals surface area contributed by atoms with E-state index in [4.69, 9.17) is 10.2 Å². The van der Waals surface area contributed by atoms with Crippen molar-refractivity contribution in [2.75, 3.05) is 13.1 Å². The van der Waals surface area contributed by atoms with Gasteiger partial charge in [0, 0.05) is 13.1 Å². The summed E-state index contributed by atoms with van der Waals surface area (Å²) in [6.07, 6.45) is 4.76. The first-order valence-corrected chi connectivity index (χ1v) is 5.01. The van der Waals surface area contributed by atoms with E-state index in [9.17, 15) is 4.79 Å². The number of carbonyl (C=O) groups excluding carboxylic acids is 1. The molecule has 0 aromatic carbocycles. The minimum absolute atomic E-state index is 0. The highest BCUT2D eigenvalue weighted by atomic mass is 35.5. The molecule has 2 N–H and O–H groups in total. The molecule has 0 aliphatic heterocycles. The molecule has 1 heterocycles. The molecule has 0 radical (unpaired) electrons. The molecule has 4 nitrogen and oxygen atoms in total. The van der Waals surface area contributed by atoms with Crippen molar-refractivity contribution in [2.45, 2.75) is 6.54 Å². The second-order valence-electron chi connectivity index (χ2n) is 3.29. The van der Waals surface area contributed by atoms with Crippen LogP contribution in [-0.4, -0.2) is 23.9 Å². The number of nitrogens with zero attached hydrogens (tertiary/aromatic N) is 1. The fourth-order valence-electron chi connectivity index (χ4n) is 1.33. The number of amides is 1. The van der Waals surface area contributed by atoms with Gasteiger partial charge in [-0.25, -0.2) is 0 Å². The highest BCUT2D eigenvalue weighted by Crippen LogP contribution is 2.10. The number of furan rings is 1. The minimum atomic E-state index is -0.108. The van der Waals surface area contributed by atoms with Crippen LogP contribution in [-0.2, 0) is 6.54 Å². The molecule has 0 spiro atoms. The van der Waals surface area contributed by atoms with Gasteiger partial charge in [-0.1, -0.05) is 12.2 Å². The lowest BCUT2D eigenvalue weighted by atomic mass is 10.2. The van der Waals surface area contributed by atoms with Crippen LogP contribution in [0.15, 0.2) is 42.1 Å². The van der Waals surface area contributed by atoms with Gasteiger partial charge in [0.05, 0.1) is 12.1 Å². The van der Waals surface area contributed by atoms with Gasteiger partial charge in [-0.3, -0.25) is 4.79 Å². The average molecular weight is 257 g/mol. The fraction of sp³-hybridized carbons (Fsp3) is 0.250. The summed E-state index contributed by atoms with van der Waals surface area (Å²) in [5.41, 5.74) is 5.91. The summed E-state index contributed by atoms with van der Waals surface area (Å²) in [6.45, 7) is 8.47. The summed E-state index contributed by atoms with van der Waals surface area (Å²) in [7, 11) is 0. The Labute approximate surface area is 107 Å². The third-order valence-corrected chi connectivity index (χ3v) is 2.09. The van der Waals surface area contributed by atoms with Crippen molar-refractivity contribution in [1.29, 1.82) is 0 Å². The summed E-state index contributed by atoms with van der Waals surface area (Å²) in [5.74, 6) is 0.490. The topological polar surface area (TPSA) is 59.5 Å². The van der Waals surface area contributed by atoms with Gasteiger partial charge in [-0.05, 0) is 6.07 Å². The van der Waals surface area contributed by atoms with Crippen LogP contribution in [0, 0.1) is 0 Å².